The molecule has 0 amide bonds. The second-order valence-corrected chi connectivity index (χ2v) is 3.71. The van der Waals surface area contributed by atoms with Crippen LogP contribution >= 0.6 is 0 Å². The molecule has 1 aliphatic carbocycles. The molecule has 0 aromatic heterocycles. The van der Waals surface area contributed by atoms with Gasteiger partial charge in [-0.2, -0.15) is 0 Å². The summed E-state index contributed by atoms with van der Waals surface area (Å²) < 4.78 is 0. The molecular formula is C9H15NO. The molecule has 0 aliphatic heterocycles. The number of aliphatic hydroxyl groups is 1. The van der Waals surface area contributed by atoms with E-state index in [4.69, 9.17) is 6.42 Å². The Morgan fingerprint density at radius 1 is 1.73 bits per heavy atom. The van der Waals surface area contributed by atoms with E-state index in [0.717, 1.165) is 6.42 Å². The van der Waals surface area contributed by atoms with E-state index >= 15 is 0 Å². The lowest BCUT2D eigenvalue weighted by Gasteiger charge is -2.49. The summed E-state index contributed by atoms with van der Waals surface area (Å²) in [4.78, 5) is 0. The molecule has 0 bridgehead atoms. The van der Waals surface area contributed by atoms with Gasteiger partial charge >= 0.3 is 0 Å². The second-order valence-electron chi connectivity index (χ2n) is 3.71. The van der Waals surface area contributed by atoms with Gasteiger partial charge in [-0.1, -0.05) is 19.8 Å². The highest BCUT2D eigenvalue weighted by atomic mass is 16.3. The predicted molar refractivity (Wildman–Crippen MR) is 45.0 cm³/mol. The van der Waals surface area contributed by atoms with Crippen molar-refractivity contribution < 1.29 is 5.11 Å². The normalized spacial score (nSPS) is 34.0. The van der Waals surface area contributed by atoms with Crippen molar-refractivity contribution in [1.29, 1.82) is 0 Å². The summed E-state index contributed by atoms with van der Waals surface area (Å²) >= 11 is 0. The zero-order valence-corrected chi connectivity index (χ0v) is 7.09. The third-order valence-electron chi connectivity index (χ3n) is 2.67. The molecule has 11 heavy (non-hydrogen) atoms. The molecule has 1 fully saturated rings. The van der Waals surface area contributed by atoms with Crippen LogP contribution in [-0.4, -0.2) is 23.8 Å². The lowest BCUT2D eigenvalue weighted by molar-refractivity contribution is -0.0710. The average molecular weight is 153 g/mol. The van der Waals surface area contributed by atoms with Gasteiger partial charge in [0.2, 0.25) is 0 Å². The molecule has 0 aromatic carbocycles. The van der Waals surface area contributed by atoms with Gasteiger partial charge in [-0.25, -0.2) is 0 Å². The molecule has 0 saturated heterocycles. The summed E-state index contributed by atoms with van der Waals surface area (Å²) in [7, 11) is 0. The van der Waals surface area contributed by atoms with Gasteiger partial charge in [-0.15, -0.1) is 6.42 Å². The third-order valence-corrected chi connectivity index (χ3v) is 2.67. The molecule has 0 heterocycles. The van der Waals surface area contributed by atoms with E-state index in [1.165, 1.54) is 0 Å². The van der Waals surface area contributed by atoms with E-state index in [2.05, 4.69) is 25.1 Å². The largest absolute Gasteiger partial charge is 0.392 e. The number of hydrogen-bond donors (Lipinski definition) is 2. The monoisotopic (exact) mass is 153 g/mol. The van der Waals surface area contributed by atoms with E-state index in [0.29, 0.717) is 12.6 Å². The summed E-state index contributed by atoms with van der Waals surface area (Å²) in [6, 6.07) is 0.383. The summed E-state index contributed by atoms with van der Waals surface area (Å²) in [5.74, 6) is 2.53. The van der Waals surface area contributed by atoms with Gasteiger partial charge < -0.3 is 10.4 Å². The van der Waals surface area contributed by atoms with Crippen LogP contribution in [0.5, 0.6) is 0 Å². The quantitative estimate of drug-likeness (QED) is 0.562. The smallest absolute Gasteiger partial charge is 0.0621 e. The maximum atomic E-state index is 9.35. The van der Waals surface area contributed by atoms with Gasteiger partial charge in [0.25, 0.3) is 0 Å². The molecule has 2 atom stereocenters. The van der Waals surface area contributed by atoms with Crippen LogP contribution in [-0.2, 0) is 0 Å². The maximum absolute atomic E-state index is 9.35. The molecule has 1 saturated carbocycles. The fourth-order valence-corrected chi connectivity index (χ4v) is 1.43. The first-order chi connectivity index (χ1) is 5.09. The van der Waals surface area contributed by atoms with E-state index in [-0.39, 0.29) is 11.5 Å². The van der Waals surface area contributed by atoms with Crippen LogP contribution in [0.1, 0.15) is 20.3 Å². The molecule has 0 spiro atoms. The van der Waals surface area contributed by atoms with Crippen molar-refractivity contribution in [3.05, 3.63) is 0 Å². The van der Waals surface area contributed by atoms with Gasteiger partial charge in [-0.3, -0.25) is 0 Å². The minimum absolute atomic E-state index is 0.00313. The molecule has 0 aromatic rings. The summed E-state index contributed by atoms with van der Waals surface area (Å²) in [5, 5.41) is 12.5. The molecule has 1 rings (SSSR count). The first-order valence-corrected chi connectivity index (χ1v) is 3.94. The Labute approximate surface area is 68.0 Å². The summed E-state index contributed by atoms with van der Waals surface area (Å²) in [5.41, 5.74) is -0.00313. The number of nitrogens with one attached hydrogen (secondary N) is 1. The third kappa shape index (κ3) is 1.40. The first-order valence-electron chi connectivity index (χ1n) is 3.94. The van der Waals surface area contributed by atoms with Gasteiger partial charge in [0.05, 0.1) is 12.6 Å². The Hall–Kier alpha value is -0.520. The molecule has 0 radical (unpaired) electrons. The highest BCUT2D eigenvalue weighted by molar-refractivity contribution is 5.03. The van der Waals surface area contributed by atoms with Gasteiger partial charge in [0.1, 0.15) is 0 Å². The van der Waals surface area contributed by atoms with Crippen LogP contribution in [0.4, 0.5) is 0 Å². The van der Waals surface area contributed by atoms with Crippen LogP contribution < -0.4 is 5.32 Å². The van der Waals surface area contributed by atoms with Crippen molar-refractivity contribution in [2.45, 2.75) is 32.4 Å². The van der Waals surface area contributed by atoms with Crippen molar-refractivity contribution in [3.8, 4) is 12.3 Å². The van der Waals surface area contributed by atoms with Crippen LogP contribution in [0.15, 0.2) is 0 Å². The van der Waals surface area contributed by atoms with Crippen molar-refractivity contribution >= 4 is 0 Å². The number of hydrogen-bond acceptors (Lipinski definition) is 2. The van der Waals surface area contributed by atoms with Crippen molar-refractivity contribution in [1.82, 2.24) is 5.32 Å². The Bertz CT molecular complexity index is 180. The molecule has 62 valence electrons. The molecule has 2 unspecified atom stereocenters. The van der Waals surface area contributed by atoms with Gasteiger partial charge in [0, 0.05) is 11.5 Å². The zero-order valence-electron chi connectivity index (χ0n) is 7.09. The van der Waals surface area contributed by atoms with Crippen LogP contribution in [0.25, 0.3) is 0 Å². The predicted octanol–water partition coefficient (Wildman–Crippen LogP) is 0.369. The Balaban J connectivity index is 2.35. The Morgan fingerprint density at radius 3 is 2.73 bits per heavy atom. The van der Waals surface area contributed by atoms with Crippen LogP contribution in [0, 0.1) is 17.8 Å². The van der Waals surface area contributed by atoms with Crippen LogP contribution in [0.2, 0.25) is 0 Å². The molecular weight excluding hydrogens is 138 g/mol. The number of terminal acetylenes is 1. The van der Waals surface area contributed by atoms with E-state index < -0.39 is 0 Å². The fraction of sp³-hybridized carbons (Fsp3) is 0.778. The molecule has 2 N–H and O–H groups in total. The highest BCUT2D eigenvalue weighted by Gasteiger charge is 2.46. The van der Waals surface area contributed by atoms with E-state index in [1.807, 2.05) is 0 Å². The standard InChI is InChI=1S/C9H15NO/c1-4-5-10-7-6-8(11)9(7,2)3/h1,7-8,10-11H,5-6H2,2-3H3. The van der Waals surface area contributed by atoms with Crippen LogP contribution in [0.3, 0.4) is 0 Å². The van der Waals surface area contributed by atoms with Crippen molar-refractivity contribution in [2.75, 3.05) is 6.54 Å². The highest BCUT2D eigenvalue weighted by Crippen LogP contribution is 2.40. The summed E-state index contributed by atoms with van der Waals surface area (Å²) in [6.45, 7) is 4.70. The first kappa shape index (κ1) is 8.58. The lowest BCUT2D eigenvalue weighted by atomic mass is 9.64. The van der Waals surface area contributed by atoms with E-state index in [1.54, 1.807) is 0 Å². The minimum Gasteiger partial charge on any atom is -0.392 e. The minimum atomic E-state index is -0.169. The number of aliphatic hydroxyl groups excluding tert-OH is 1. The second kappa shape index (κ2) is 2.84. The maximum Gasteiger partial charge on any atom is 0.0621 e. The lowest BCUT2D eigenvalue weighted by Crippen LogP contribution is -2.59. The summed E-state index contributed by atoms with van der Waals surface area (Å²) in [6.07, 6.45) is 5.76. The van der Waals surface area contributed by atoms with Gasteiger partial charge in [0.15, 0.2) is 0 Å². The zero-order chi connectivity index (χ0) is 8.48. The Kier molecular flexibility index (Phi) is 2.22. The van der Waals surface area contributed by atoms with Crippen molar-refractivity contribution in [3.63, 3.8) is 0 Å². The van der Waals surface area contributed by atoms with Crippen molar-refractivity contribution in [2.24, 2.45) is 5.41 Å². The fourth-order valence-electron chi connectivity index (χ4n) is 1.43. The SMILES string of the molecule is C#CCNC1CC(O)C1(C)C. The molecule has 1 aliphatic rings. The van der Waals surface area contributed by atoms with E-state index in [9.17, 15) is 5.11 Å². The topological polar surface area (TPSA) is 32.3 Å². The number of rotatable bonds is 2. The van der Waals surface area contributed by atoms with Gasteiger partial charge in [-0.05, 0) is 6.42 Å². The molecule has 2 heteroatoms. The molecule has 2 nitrogen and oxygen atoms in total. The Morgan fingerprint density at radius 2 is 2.36 bits per heavy atom. The average Bonchev–Trinajstić information content (AvgIpc) is 1.97.